The van der Waals surface area contributed by atoms with Gasteiger partial charge in [0.15, 0.2) is 0 Å². The van der Waals surface area contributed by atoms with Gasteiger partial charge < -0.3 is 14.8 Å². The molecule has 0 saturated heterocycles. The summed E-state index contributed by atoms with van der Waals surface area (Å²) in [6.45, 7) is 0.567. The molecule has 0 saturated carbocycles. The van der Waals surface area contributed by atoms with Crippen LogP contribution in [-0.2, 0) is 9.47 Å². The van der Waals surface area contributed by atoms with E-state index in [1.807, 2.05) is 0 Å². The van der Waals surface area contributed by atoms with E-state index in [2.05, 4.69) is 5.32 Å². The second kappa shape index (κ2) is 7.78. The Balaban J connectivity index is 2.73. The van der Waals surface area contributed by atoms with Gasteiger partial charge in [0.25, 0.3) is 11.6 Å². The first kappa shape index (κ1) is 16.4. The number of rotatable bonds is 7. The van der Waals surface area contributed by atoms with Crippen LogP contribution in [0.2, 0.25) is 5.02 Å². The summed E-state index contributed by atoms with van der Waals surface area (Å²) < 4.78 is 10.0. The highest BCUT2D eigenvalue weighted by Crippen LogP contribution is 2.24. The molecule has 0 bridgehead atoms. The average molecular weight is 303 g/mol. The fraction of sp³-hybridized carbons (Fsp3) is 0.417. The van der Waals surface area contributed by atoms with Gasteiger partial charge >= 0.3 is 0 Å². The van der Waals surface area contributed by atoms with Crippen LogP contribution >= 0.6 is 11.6 Å². The Hall–Kier alpha value is -1.70. The first-order valence-corrected chi connectivity index (χ1v) is 6.11. The summed E-state index contributed by atoms with van der Waals surface area (Å²) >= 11 is 5.68. The van der Waals surface area contributed by atoms with Gasteiger partial charge in [0.05, 0.1) is 17.6 Å². The van der Waals surface area contributed by atoms with Crippen LogP contribution in [0.25, 0.3) is 0 Å². The number of nitrogens with one attached hydrogen (secondary N) is 1. The molecular formula is C12H15ClN2O5. The van der Waals surface area contributed by atoms with Crippen LogP contribution in [0.3, 0.4) is 0 Å². The molecule has 1 unspecified atom stereocenters. The molecule has 110 valence electrons. The molecule has 1 N–H and O–H groups in total. The van der Waals surface area contributed by atoms with Crippen molar-refractivity contribution >= 4 is 23.2 Å². The fourth-order valence-electron chi connectivity index (χ4n) is 1.50. The van der Waals surface area contributed by atoms with Gasteiger partial charge in [0.1, 0.15) is 5.02 Å². The van der Waals surface area contributed by atoms with E-state index in [4.69, 9.17) is 21.1 Å². The predicted octanol–water partition coefficient (Wildman–Crippen LogP) is 1.64. The van der Waals surface area contributed by atoms with Gasteiger partial charge in [0, 0.05) is 32.4 Å². The number of methoxy groups -OCH3 is 2. The van der Waals surface area contributed by atoms with E-state index in [0.717, 1.165) is 6.07 Å². The van der Waals surface area contributed by atoms with Crippen LogP contribution in [-0.4, -0.2) is 44.3 Å². The van der Waals surface area contributed by atoms with Crippen LogP contribution in [0.1, 0.15) is 10.4 Å². The van der Waals surface area contributed by atoms with Crippen LogP contribution in [0, 0.1) is 10.1 Å². The highest BCUT2D eigenvalue weighted by Gasteiger charge is 2.17. The molecule has 1 rings (SSSR count). The first-order chi connectivity index (χ1) is 9.49. The lowest BCUT2D eigenvalue weighted by molar-refractivity contribution is -0.384. The minimum absolute atomic E-state index is 0.0132. The third-order valence-corrected chi connectivity index (χ3v) is 2.90. The molecule has 0 spiro atoms. The molecule has 1 atom stereocenters. The van der Waals surface area contributed by atoms with Crippen molar-refractivity contribution in [3.05, 3.63) is 38.9 Å². The number of ether oxygens (including phenoxy) is 2. The number of carbonyl (C=O) groups excluding carboxylic acids is 1. The second-order valence-electron chi connectivity index (χ2n) is 3.95. The van der Waals surface area contributed by atoms with Crippen molar-refractivity contribution in [3.8, 4) is 0 Å². The molecule has 0 fully saturated rings. The Morgan fingerprint density at radius 1 is 1.50 bits per heavy atom. The van der Waals surface area contributed by atoms with Gasteiger partial charge in [-0.05, 0) is 12.1 Å². The number of nitrogens with zero attached hydrogens (tertiary/aromatic N) is 1. The van der Waals surface area contributed by atoms with E-state index in [9.17, 15) is 14.9 Å². The highest BCUT2D eigenvalue weighted by atomic mass is 35.5. The lowest BCUT2D eigenvalue weighted by atomic mass is 10.2. The molecule has 7 nitrogen and oxygen atoms in total. The number of nitro benzene ring substituents is 1. The molecule has 1 aromatic carbocycles. The summed E-state index contributed by atoms with van der Waals surface area (Å²) in [5.41, 5.74) is -0.145. The topological polar surface area (TPSA) is 90.7 Å². The Kier molecular flexibility index (Phi) is 6.37. The van der Waals surface area contributed by atoms with Crippen molar-refractivity contribution in [2.24, 2.45) is 0 Å². The van der Waals surface area contributed by atoms with E-state index < -0.39 is 10.8 Å². The Morgan fingerprint density at radius 2 is 2.20 bits per heavy atom. The fourth-order valence-corrected chi connectivity index (χ4v) is 1.69. The van der Waals surface area contributed by atoms with Crippen molar-refractivity contribution in [3.63, 3.8) is 0 Å². The first-order valence-electron chi connectivity index (χ1n) is 5.73. The van der Waals surface area contributed by atoms with E-state index in [1.165, 1.54) is 26.4 Å². The molecule has 8 heteroatoms. The molecule has 0 aliphatic rings. The summed E-state index contributed by atoms with van der Waals surface area (Å²) in [7, 11) is 3.03. The molecule has 0 aliphatic heterocycles. The summed E-state index contributed by atoms with van der Waals surface area (Å²) in [4.78, 5) is 22.0. The number of nitro groups is 1. The zero-order valence-electron chi connectivity index (χ0n) is 11.1. The molecule has 0 aliphatic carbocycles. The number of benzene rings is 1. The zero-order chi connectivity index (χ0) is 15.1. The lowest BCUT2D eigenvalue weighted by Crippen LogP contribution is -2.35. The maximum atomic E-state index is 11.9. The van der Waals surface area contributed by atoms with Gasteiger partial charge in [0.2, 0.25) is 0 Å². The van der Waals surface area contributed by atoms with Crippen LogP contribution in [0.5, 0.6) is 0 Å². The van der Waals surface area contributed by atoms with Crippen LogP contribution in [0.15, 0.2) is 18.2 Å². The zero-order valence-corrected chi connectivity index (χ0v) is 11.8. The number of halogens is 1. The summed E-state index contributed by atoms with van der Waals surface area (Å²) in [6.07, 6.45) is -0.286. The van der Waals surface area contributed by atoms with E-state index in [-0.39, 0.29) is 28.9 Å². The van der Waals surface area contributed by atoms with Gasteiger partial charge in [-0.25, -0.2) is 0 Å². The van der Waals surface area contributed by atoms with E-state index in [0.29, 0.717) is 6.61 Å². The standard InChI is InChI=1S/C12H15ClN2O5/c1-19-7-9(20-2)6-14-12(16)8-3-4-10(13)11(5-8)15(17)18/h3-5,9H,6-7H2,1-2H3,(H,14,16). The van der Waals surface area contributed by atoms with Crippen molar-refractivity contribution in [1.29, 1.82) is 0 Å². The molecule has 20 heavy (non-hydrogen) atoms. The summed E-state index contributed by atoms with van der Waals surface area (Å²) in [6, 6.07) is 3.87. The number of amides is 1. The molecule has 1 amide bonds. The second-order valence-corrected chi connectivity index (χ2v) is 4.35. The molecule has 0 aromatic heterocycles. The van der Waals surface area contributed by atoms with Gasteiger partial charge in [-0.2, -0.15) is 0 Å². The van der Waals surface area contributed by atoms with Crippen molar-refractivity contribution in [2.45, 2.75) is 6.10 Å². The molecule has 1 aromatic rings. The quantitative estimate of drug-likeness (QED) is 0.611. The smallest absolute Gasteiger partial charge is 0.288 e. The largest absolute Gasteiger partial charge is 0.382 e. The number of carbonyl (C=O) groups is 1. The van der Waals surface area contributed by atoms with Crippen molar-refractivity contribution in [1.82, 2.24) is 5.32 Å². The molecular weight excluding hydrogens is 288 g/mol. The van der Waals surface area contributed by atoms with Gasteiger partial charge in [-0.3, -0.25) is 14.9 Å². The minimum atomic E-state index is -0.637. The normalized spacial score (nSPS) is 11.9. The maximum absolute atomic E-state index is 11.9. The van der Waals surface area contributed by atoms with Gasteiger partial charge in [-0.15, -0.1) is 0 Å². The maximum Gasteiger partial charge on any atom is 0.288 e. The third-order valence-electron chi connectivity index (χ3n) is 2.58. The minimum Gasteiger partial charge on any atom is -0.382 e. The Bertz CT molecular complexity index is 495. The molecule has 0 heterocycles. The van der Waals surface area contributed by atoms with E-state index >= 15 is 0 Å². The number of hydrogen-bond acceptors (Lipinski definition) is 5. The van der Waals surface area contributed by atoms with E-state index in [1.54, 1.807) is 0 Å². The van der Waals surface area contributed by atoms with Crippen molar-refractivity contribution < 1.29 is 19.2 Å². The average Bonchev–Trinajstić information content (AvgIpc) is 2.43. The van der Waals surface area contributed by atoms with Gasteiger partial charge in [-0.1, -0.05) is 11.6 Å². The highest BCUT2D eigenvalue weighted by molar-refractivity contribution is 6.32. The Morgan fingerprint density at radius 3 is 2.75 bits per heavy atom. The third kappa shape index (κ3) is 4.44. The SMILES string of the molecule is COCC(CNC(=O)c1ccc(Cl)c([N+](=O)[O-])c1)OC. The van der Waals surface area contributed by atoms with Crippen molar-refractivity contribution in [2.75, 3.05) is 27.4 Å². The Labute approximate surface area is 121 Å². The monoisotopic (exact) mass is 302 g/mol. The van der Waals surface area contributed by atoms with Crippen LogP contribution < -0.4 is 5.32 Å². The summed E-state index contributed by atoms with van der Waals surface area (Å²) in [5.74, 6) is -0.442. The molecule has 0 radical (unpaired) electrons. The summed E-state index contributed by atoms with van der Waals surface area (Å²) in [5, 5.41) is 13.3. The predicted molar refractivity (Wildman–Crippen MR) is 73.1 cm³/mol. The number of hydrogen-bond donors (Lipinski definition) is 1. The lowest BCUT2D eigenvalue weighted by Gasteiger charge is -2.14. The van der Waals surface area contributed by atoms with Crippen LogP contribution in [0.4, 0.5) is 5.69 Å².